The molecule has 2 aliphatic rings. The summed E-state index contributed by atoms with van der Waals surface area (Å²) in [5, 5.41) is 11.5. The first-order valence-corrected chi connectivity index (χ1v) is 7.37. The summed E-state index contributed by atoms with van der Waals surface area (Å²) in [7, 11) is 0. The number of nitrogens with one attached hydrogen (secondary N) is 1. The number of hydrogen-bond donors (Lipinski definition) is 2. The third kappa shape index (κ3) is 3.20. The number of amides is 4. The molecule has 2 saturated heterocycles. The van der Waals surface area contributed by atoms with Gasteiger partial charge in [0.05, 0.1) is 5.92 Å². The quantitative estimate of drug-likeness (QED) is 0.697. The number of carbonyl (C=O) groups is 4. The van der Waals surface area contributed by atoms with Crippen LogP contribution in [0, 0.1) is 5.92 Å². The maximum atomic E-state index is 12.0. The van der Waals surface area contributed by atoms with Gasteiger partial charge in [-0.1, -0.05) is 0 Å². The summed E-state index contributed by atoms with van der Waals surface area (Å²) in [5.74, 6) is -1.79. The molecule has 2 heterocycles. The Morgan fingerprint density at radius 2 is 2.05 bits per heavy atom. The molecule has 22 heavy (non-hydrogen) atoms. The van der Waals surface area contributed by atoms with E-state index in [2.05, 4.69) is 5.32 Å². The van der Waals surface area contributed by atoms with Crippen molar-refractivity contribution in [2.45, 2.75) is 38.6 Å². The second kappa shape index (κ2) is 5.94. The molecule has 0 aliphatic carbocycles. The van der Waals surface area contributed by atoms with Gasteiger partial charge in [-0.05, 0) is 26.7 Å². The summed E-state index contributed by atoms with van der Waals surface area (Å²) in [5.41, 5.74) is -0.898. The average molecular weight is 311 g/mol. The predicted octanol–water partition coefficient (Wildman–Crippen LogP) is 0.0301. The Hall–Kier alpha value is -2.12. The van der Waals surface area contributed by atoms with Crippen molar-refractivity contribution >= 4 is 23.8 Å². The molecule has 0 bridgehead atoms. The van der Waals surface area contributed by atoms with Crippen LogP contribution in [-0.4, -0.2) is 63.9 Å². The van der Waals surface area contributed by atoms with E-state index in [-0.39, 0.29) is 31.3 Å². The van der Waals surface area contributed by atoms with Crippen LogP contribution in [0.4, 0.5) is 4.79 Å². The lowest BCUT2D eigenvalue weighted by molar-refractivity contribution is -0.141. The van der Waals surface area contributed by atoms with Gasteiger partial charge in [0.2, 0.25) is 5.91 Å². The Balaban J connectivity index is 1.77. The molecule has 2 fully saturated rings. The molecular weight excluding hydrogens is 290 g/mol. The minimum atomic E-state index is -0.898. The SMILES string of the molecule is CC1(C)NC(=O)N(CCCC(=O)N2CC[C@H](C(=O)O)C2)C1=O. The highest BCUT2D eigenvalue weighted by Crippen LogP contribution is 2.19. The molecule has 8 heteroatoms. The maximum absolute atomic E-state index is 12.0. The van der Waals surface area contributed by atoms with E-state index in [1.807, 2.05) is 0 Å². The van der Waals surface area contributed by atoms with E-state index in [1.165, 1.54) is 4.90 Å². The molecule has 0 aromatic carbocycles. The van der Waals surface area contributed by atoms with Gasteiger partial charge in [-0.15, -0.1) is 0 Å². The maximum Gasteiger partial charge on any atom is 0.325 e. The summed E-state index contributed by atoms with van der Waals surface area (Å²) in [6, 6.07) is -0.436. The van der Waals surface area contributed by atoms with Crippen LogP contribution in [0.3, 0.4) is 0 Å². The fourth-order valence-corrected chi connectivity index (χ4v) is 2.76. The van der Waals surface area contributed by atoms with Gasteiger partial charge in [0, 0.05) is 26.1 Å². The van der Waals surface area contributed by atoms with Crippen molar-refractivity contribution in [1.82, 2.24) is 15.1 Å². The van der Waals surface area contributed by atoms with Gasteiger partial charge in [0.1, 0.15) is 5.54 Å². The Morgan fingerprint density at radius 3 is 2.55 bits per heavy atom. The summed E-state index contributed by atoms with van der Waals surface area (Å²) in [4.78, 5) is 49.2. The first kappa shape index (κ1) is 16.3. The van der Waals surface area contributed by atoms with Gasteiger partial charge in [0.15, 0.2) is 0 Å². The molecule has 0 aromatic heterocycles. The Labute approximate surface area is 128 Å². The van der Waals surface area contributed by atoms with Crippen LogP contribution in [-0.2, 0) is 14.4 Å². The van der Waals surface area contributed by atoms with Gasteiger partial charge >= 0.3 is 12.0 Å². The second-order valence-electron chi connectivity index (χ2n) is 6.28. The number of nitrogens with zero attached hydrogens (tertiary/aromatic N) is 2. The van der Waals surface area contributed by atoms with E-state index in [9.17, 15) is 19.2 Å². The summed E-state index contributed by atoms with van der Waals surface area (Å²) in [6.07, 6.45) is 1.05. The van der Waals surface area contributed by atoms with Crippen LogP contribution >= 0.6 is 0 Å². The summed E-state index contributed by atoms with van der Waals surface area (Å²) in [6.45, 7) is 4.15. The standard InChI is InChI=1S/C14H21N3O5/c1-14(2)12(21)17(13(22)15-14)6-3-4-10(18)16-7-5-9(8-16)11(19)20/h9H,3-8H2,1-2H3,(H,15,22)(H,19,20)/t9-/m0/s1. The van der Waals surface area contributed by atoms with Crippen LogP contribution in [0.5, 0.6) is 0 Å². The third-order valence-corrected chi connectivity index (χ3v) is 4.11. The molecule has 2 aliphatic heterocycles. The van der Waals surface area contributed by atoms with Gasteiger partial charge in [-0.2, -0.15) is 0 Å². The van der Waals surface area contributed by atoms with E-state index in [4.69, 9.17) is 5.11 Å². The van der Waals surface area contributed by atoms with Crippen molar-refractivity contribution in [3.63, 3.8) is 0 Å². The molecule has 0 radical (unpaired) electrons. The Kier molecular flexibility index (Phi) is 4.39. The lowest BCUT2D eigenvalue weighted by Crippen LogP contribution is -2.40. The topological polar surface area (TPSA) is 107 Å². The van der Waals surface area contributed by atoms with Gasteiger partial charge in [-0.3, -0.25) is 19.3 Å². The zero-order valence-corrected chi connectivity index (χ0v) is 12.8. The van der Waals surface area contributed by atoms with Crippen molar-refractivity contribution in [3.05, 3.63) is 0 Å². The molecule has 2 rings (SSSR count). The number of hydrogen-bond acceptors (Lipinski definition) is 4. The summed E-state index contributed by atoms with van der Waals surface area (Å²) < 4.78 is 0. The Morgan fingerprint density at radius 1 is 1.36 bits per heavy atom. The van der Waals surface area contributed by atoms with Crippen molar-refractivity contribution in [2.75, 3.05) is 19.6 Å². The normalized spacial score (nSPS) is 23.8. The van der Waals surface area contributed by atoms with Crippen LogP contribution in [0.15, 0.2) is 0 Å². The summed E-state index contributed by atoms with van der Waals surface area (Å²) >= 11 is 0. The largest absolute Gasteiger partial charge is 0.481 e. The fraction of sp³-hybridized carbons (Fsp3) is 0.714. The van der Waals surface area contributed by atoms with E-state index in [0.29, 0.717) is 19.4 Å². The zero-order chi connectivity index (χ0) is 16.5. The van der Waals surface area contributed by atoms with Crippen molar-refractivity contribution in [3.8, 4) is 0 Å². The van der Waals surface area contributed by atoms with Crippen molar-refractivity contribution in [1.29, 1.82) is 0 Å². The third-order valence-electron chi connectivity index (χ3n) is 4.11. The highest BCUT2D eigenvalue weighted by molar-refractivity contribution is 6.06. The molecule has 122 valence electrons. The number of carboxylic acids is 1. The van der Waals surface area contributed by atoms with Crippen LogP contribution in [0.25, 0.3) is 0 Å². The fourth-order valence-electron chi connectivity index (χ4n) is 2.76. The number of rotatable bonds is 5. The number of carboxylic acid groups (broad SMARTS) is 1. The molecule has 0 unspecified atom stereocenters. The minimum Gasteiger partial charge on any atom is -0.481 e. The monoisotopic (exact) mass is 311 g/mol. The van der Waals surface area contributed by atoms with Crippen molar-refractivity contribution < 1.29 is 24.3 Å². The minimum absolute atomic E-state index is 0.130. The molecular formula is C14H21N3O5. The molecule has 4 amide bonds. The van der Waals surface area contributed by atoms with Gasteiger partial charge < -0.3 is 15.3 Å². The predicted molar refractivity (Wildman–Crippen MR) is 75.9 cm³/mol. The highest BCUT2D eigenvalue weighted by atomic mass is 16.4. The van der Waals surface area contributed by atoms with E-state index >= 15 is 0 Å². The molecule has 8 nitrogen and oxygen atoms in total. The van der Waals surface area contributed by atoms with Crippen LogP contribution in [0.2, 0.25) is 0 Å². The lowest BCUT2D eigenvalue weighted by atomic mass is 10.1. The number of imide groups is 1. The molecule has 0 spiro atoms. The highest BCUT2D eigenvalue weighted by Gasteiger charge is 2.43. The lowest BCUT2D eigenvalue weighted by Gasteiger charge is -2.18. The molecule has 2 N–H and O–H groups in total. The first-order chi connectivity index (χ1) is 10.2. The second-order valence-corrected chi connectivity index (χ2v) is 6.28. The first-order valence-electron chi connectivity index (χ1n) is 7.37. The zero-order valence-electron chi connectivity index (χ0n) is 12.8. The van der Waals surface area contributed by atoms with Crippen molar-refractivity contribution in [2.24, 2.45) is 5.92 Å². The average Bonchev–Trinajstić information content (AvgIpc) is 2.97. The van der Waals surface area contributed by atoms with Crippen LogP contribution in [0.1, 0.15) is 33.1 Å². The Bertz CT molecular complexity index is 517. The van der Waals surface area contributed by atoms with Gasteiger partial charge in [-0.25, -0.2) is 4.79 Å². The van der Waals surface area contributed by atoms with Gasteiger partial charge in [0.25, 0.3) is 5.91 Å². The van der Waals surface area contributed by atoms with E-state index in [0.717, 1.165) is 4.90 Å². The number of aliphatic carboxylic acids is 1. The molecule has 0 aromatic rings. The molecule has 0 saturated carbocycles. The smallest absolute Gasteiger partial charge is 0.325 e. The van der Waals surface area contributed by atoms with E-state index in [1.54, 1.807) is 13.8 Å². The number of likely N-dealkylation sites (tertiary alicyclic amines) is 1. The van der Waals surface area contributed by atoms with Crippen LogP contribution < -0.4 is 5.32 Å². The molecule has 1 atom stereocenters. The number of carbonyl (C=O) groups excluding carboxylic acids is 3. The number of urea groups is 1. The van der Waals surface area contributed by atoms with E-state index < -0.39 is 23.5 Å².